The van der Waals surface area contributed by atoms with Crippen LogP contribution in [0.5, 0.6) is 0 Å². The summed E-state index contributed by atoms with van der Waals surface area (Å²) in [5.41, 5.74) is 0.264. The summed E-state index contributed by atoms with van der Waals surface area (Å²) < 4.78 is 37.9. The number of anilines is 1. The molecule has 0 aliphatic rings. The van der Waals surface area contributed by atoms with Crippen LogP contribution in [0.15, 0.2) is 48.5 Å². The van der Waals surface area contributed by atoms with E-state index in [0.717, 1.165) is 17.7 Å². The summed E-state index contributed by atoms with van der Waals surface area (Å²) in [5.74, 6) is -0.665. The standard InChI is InChI=1S/C19H18ClF3N2O2/c1-13(26)25(16-8-6-15(7-9-16)19(21,22)23)11-10-18(27)24-12-14-4-2-3-5-17(14)20/h2-9H,10-12H2,1H3,(H,24,27). The molecule has 0 aromatic heterocycles. The molecule has 4 nitrogen and oxygen atoms in total. The van der Waals surface area contributed by atoms with Crippen LogP contribution in [0.25, 0.3) is 0 Å². The zero-order chi connectivity index (χ0) is 20.0. The molecule has 0 saturated heterocycles. The zero-order valence-electron chi connectivity index (χ0n) is 14.5. The maximum absolute atomic E-state index is 12.6. The molecule has 0 fully saturated rings. The molecule has 27 heavy (non-hydrogen) atoms. The van der Waals surface area contributed by atoms with Gasteiger partial charge in [-0.2, -0.15) is 13.2 Å². The molecule has 0 radical (unpaired) electrons. The molecule has 2 amide bonds. The van der Waals surface area contributed by atoms with Gasteiger partial charge in [0.25, 0.3) is 0 Å². The van der Waals surface area contributed by atoms with Crippen LogP contribution in [-0.2, 0) is 22.3 Å². The molecule has 0 saturated carbocycles. The zero-order valence-corrected chi connectivity index (χ0v) is 15.3. The summed E-state index contributed by atoms with van der Waals surface area (Å²) in [6.07, 6.45) is -4.44. The van der Waals surface area contributed by atoms with Gasteiger partial charge < -0.3 is 10.2 Å². The molecule has 0 bridgehead atoms. The molecule has 144 valence electrons. The lowest BCUT2D eigenvalue weighted by molar-refractivity contribution is -0.137. The van der Waals surface area contributed by atoms with Crippen molar-refractivity contribution in [2.24, 2.45) is 0 Å². The largest absolute Gasteiger partial charge is 0.416 e. The molecule has 2 aromatic rings. The second-order valence-corrected chi connectivity index (χ2v) is 6.24. The SMILES string of the molecule is CC(=O)N(CCC(=O)NCc1ccccc1Cl)c1ccc(C(F)(F)F)cc1. The fraction of sp³-hybridized carbons (Fsp3) is 0.263. The Bertz CT molecular complexity index is 807. The highest BCUT2D eigenvalue weighted by atomic mass is 35.5. The van der Waals surface area contributed by atoms with E-state index in [-0.39, 0.29) is 31.3 Å². The quantitative estimate of drug-likeness (QED) is 0.783. The number of benzene rings is 2. The predicted molar refractivity (Wildman–Crippen MR) is 97.4 cm³/mol. The molecule has 0 aliphatic heterocycles. The molecular formula is C19H18ClF3N2O2. The Balaban J connectivity index is 1.95. The van der Waals surface area contributed by atoms with Crippen molar-refractivity contribution in [1.82, 2.24) is 5.32 Å². The molecule has 2 rings (SSSR count). The first-order valence-electron chi connectivity index (χ1n) is 8.14. The number of hydrogen-bond acceptors (Lipinski definition) is 2. The van der Waals surface area contributed by atoms with Gasteiger partial charge in [-0.3, -0.25) is 9.59 Å². The average molecular weight is 399 g/mol. The van der Waals surface area contributed by atoms with Crippen molar-refractivity contribution in [2.45, 2.75) is 26.1 Å². The summed E-state index contributed by atoms with van der Waals surface area (Å²) in [5, 5.41) is 3.24. The Morgan fingerprint density at radius 3 is 2.26 bits per heavy atom. The van der Waals surface area contributed by atoms with Crippen molar-refractivity contribution >= 4 is 29.1 Å². The molecule has 0 unspecified atom stereocenters. The van der Waals surface area contributed by atoms with Gasteiger partial charge in [0.15, 0.2) is 0 Å². The van der Waals surface area contributed by atoms with E-state index in [0.29, 0.717) is 10.7 Å². The molecular weight excluding hydrogens is 381 g/mol. The molecule has 8 heteroatoms. The number of carbonyl (C=O) groups excluding carboxylic acids is 2. The Hall–Kier alpha value is -2.54. The number of rotatable bonds is 6. The summed E-state index contributed by atoms with van der Waals surface area (Å²) >= 11 is 6.02. The van der Waals surface area contributed by atoms with Crippen LogP contribution >= 0.6 is 11.6 Å². The Kier molecular flexibility index (Phi) is 6.85. The van der Waals surface area contributed by atoms with Crippen molar-refractivity contribution in [2.75, 3.05) is 11.4 Å². The predicted octanol–water partition coefficient (Wildman–Crippen LogP) is 4.42. The average Bonchev–Trinajstić information content (AvgIpc) is 2.60. The first-order chi connectivity index (χ1) is 12.7. The fourth-order valence-corrected chi connectivity index (χ4v) is 2.64. The lowest BCUT2D eigenvalue weighted by Crippen LogP contribution is -2.33. The fourth-order valence-electron chi connectivity index (χ4n) is 2.44. The van der Waals surface area contributed by atoms with Gasteiger partial charge in [-0.05, 0) is 35.9 Å². The Labute approximate surface area is 159 Å². The number of halogens is 4. The topological polar surface area (TPSA) is 49.4 Å². The molecule has 0 aliphatic carbocycles. The monoisotopic (exact) mass is 398 g/mol. The number of nitrogens with zero attached hydrogens (tertiary/aromatic N) is 1. The van der Waals surface area contributed by atoms with E-state index in [4.69, 9.17) is 11.6 Å². The lowest BCUT2D eigenvalue weighted by atomic mass is 10.2. The van der Waals surface area contributed by atoms with Gasteiger partial charge >= 0.3 is 6.18 Å². The van der Waals surface area contributed by atoms with Gasteiger partial charge in [-0.15, -0.1) is 0 Å². The number of amides is 2. The number of carbonyl (C=O) groups is 2. The van der Waals surface area contributed by atoms with Gasteiger partial charge in [-0.25, -0.2) is 0 Å². The normalized spacial score (nSPS) is 11.1. The smallest absolute Gasteiger partial charge is 0.352 e. The maximum atomic E-state index is 12.6. The third-order valence-corrected chi connectivity index (χ3v) is 4.25. The van der Waals surface area contributed by atoms with E-state index >= 15 is 0 Å². The van der Waals surface area contributed by atoms with Crippen LogP contribution in [0.3, 0.4) is 0 Å². The van der Waals surface area contributed by atoms with Gasteiger partial charge in [0.05, 0.1) is 5.56 Å². The summed E-state index contributed by atoms with van der Waals surface area (Å²) in [4.78, 5) is 25.1. The first-order valence-corrected chi connectivity index (χ1v) is 8.51. The van der Waals surface area contributed by atoms with Gasteiger partial charge in [0.1, 0.15) is 0 Å². The van der Waals surface area contributed by atoms with Crippen LogP contribution in [0.4, 0.5) is 18.9 Å². The van der Waals surface area contributed by atoms with Crippen LogP contribution in [0.1, 0.15) is 24.5 Å². The third kappa shape index (κ3) is 5.99. The van der Waals surface area contributed by atoms with Crippen molar-refractivity contribution in [3.63, 3.8) is 0 Å². The maximum Gasteiger partial charge on any atom is 0.416 e. The molecule has 1 N–H and O–H groups in total. The van der Waals surface area contributed by atoms with E-state index in [1.807, 2.05) is 0 Å². The highest BCUT2D eigenvalue weighted by Gasteiger charge is 2.30. The van der Waals surface area contributed by atoms with Crippen molar-refractivity contribution in [3.05, 3.63) is 64.7 Å². The Morgan fingerprint density at radius 1 is 1.07 bits per heavy atom. The highest BCUT2D eigenvalue weighted by molar-refractivity contribution is 6.31. The van der Waals surface area contributed by atoms with E-state index < -0.39 is 11.7 Å². The van der Waals surface area contributed by atoms with E-state index in [9.17, 15) is 22.8 Å². The number of nitrogens with one attached hydrogen (secondary N) is 1. The molecule has 0 spiro atoms. The summed E-state index contributed by atoms with van der Waals surface area (Å²) in [7, 11) is 0. The lowest BCUT2D eigenvalue weighted by Gasteiger charge is -2.21. The minimum absolute atomic E-state index is 0.00501. The van der Waals surface area contributed by atoms with Gasteiger partial charge in [0.2, 0.25) is 11.8 Å². The van der Waals surface area contributed by atoms with Crippen LogP contribution < -0.4 is 10.2 Å². The van der Waals surface area contributed by atoms with Crippen LogP contribution in [-0.4, -0.2) is 18.4 Å². The van der Waals surface area contributed by atoms with Crippen molar-refractivity contribution in [3.8, 4) is 0 Å². The molecule has 0 atom stereocenters. The number of alkyl halides is 3. The summed E-state index contributed by atoms with van der Waals surface area (Å²) in [6.45, 7) is 1.59. The van der Waals surface area contributed by atoms with Crippen molar-refractivity contribution < 1.29 is 22.8 Å². The number of hydrogen-bond donors (Lipinski definition) is 1. The van der Waals surface area contributed by atoms with Crippen LogP contribution in [0, 0.1) is 0 Å². The minimum Gasteiger partial charge on any atom is -0.352 e. The van der Waals surface area contributed by atoms with Gasteiger partial charge in [-0.1, -0.05) is 29.8 Å². The Morgan fingerprint density at radius 2 is 1.70 bits per heavy atom. The first kappa shape index (κ1) is 20.8. The van der Waals surface area contributed by atoms with E-state index in [2.05, 4.69) is 5.32 Å². The molecule has 2 aromatic carbocycles. The van der Waals surface area contributed by atoms with Gasteiger partial charge in [0, 0.05) is 37.1 Å². The summed E-state index contributed by atoms with van der Waals surface area (Å²) in [6, 6.07) is 11.3. The van der Waals surface area contributed by atoms with E-state index in [1.54, 1.807) is 24.3 Å². The van der Waals surface area contributed by atoms with Crippen LogP contribution in [0.2, 0.25) is 5.02 Å². The second-order valence-electron chi connectivity index (χ2n) is 5.83. The van der Waals surface area contributed by atoms with Crippen molar-refractivity contribution in [1.29, 1.82) is 0 Å². The van der Waals surface area contributed by atoms with E-state index in [1.165, 1.54) is 24.0 Å². The minimum atomic E-state index is -4.45. The highest BCUT2D eigenvalue weighted by Crippen LogP contribution is 2.30. The third-order valence-electron chi connectivity index (χ3n) is 3.88. The second kappa shape index (κ2) is 8.90. The molecule has 0 heterocycles.